The molecule has 156 valence electrons. The van der Waals surface area contributed by atoms with Crippen LogP contribution < -0.4 is 21.3 Å². The summed E-state index contributed by atoms with van der Waals surface area (Å²) in [5, 5.41) is 22.8. The van der Waals surface area contributed by atoms with Crippen molar-refractivity contribution in [2.45, 2.75) is 26.2 Å². The molecule has 3 rings (SSSR count). The molecule has 0 aromatic carbocycles. The van der Waals surface area contributed by atoms with E-state index < -0.39 is 5.91 Å². The topological polar surface area (TPSA) is 157 Å². The average molecular weight is 407 g/mol. The number of carbonyl (C=O) groups is 1. The maximum Gasteiger partial charge on any atom is 0.254 e. The van der Waals surface area contributed by atoms with Crippen molar-refractivity contribution >= 4 is 35.4 Å². The van der Waals surface area contributed by atoms with Crippen molar-refractivity contribution in [3.05, 3.63) is 29.6 Å². The highest BCUT2D eigenvalue weighted by molar-refractivity contribution is 6.04. The van der Waals surface area contributed by atoms with E-state index in [-0.39, 0.29) is 17.1 Å². The lowest BCUT2D eigenvalue weighted by molar-refractivity contribution is 0.100. The lowest BCUT2D eigenvalue weighted by Crippen LogP contribution is -2.35. The lowest BCUT2D eigenvalue weighted by Gasteiger charge is -2.31. The van der Waals surface area contributed by atoms with Crippen LogP contribution in [0.2, 0.25) is 0 Å². The number of piperidine rings is 1. The van der Waals surface area contributed by atoms with Gasteiger partial charge in [-0.1, -0.05) is 0 Å². The van der Waals surface area contributed by atoms with E-state index in [0.717, 1.165) is 31.4 Å². The van der Waals surface area contributed by atoms with Gasteiger partial charge in [0.05, 0.1) is 18.0 Å². The third-order valence-corrected chi connectivity index (χ3v) is 4.97. The van der Waals surface area contributed by atoms with Gasteiger partial charge in [0.25, 0.3) is 5.91 Å². The summed E-state index contributed by atoms with van der Waals surface area (Å²) >= 11 is 0. The second-order valence-electron chi connectivity index (χ2n) is 7.02. The lowest BCUT2D eigenvalue weighted by atomic mass is 9.94. The van der Waals surface area contributed by atoms with Gasteiger partial charge < -0.3 is 26.7 Å². The Morgan fingerprint density at radius 1 is 1.40 bits per heavy atom. The van der Waals surface area contributed by atoms with E-state index in [0.29, 0.717) is 37.1 Å². The number of rotatable bonds is 8. The van der Waals surface area contributed by atoms with Crippen LogP contribution in [0.25, 0.3) is 0 Å². The quantitative estimate of drug-likeness (QED) is 0.485. The van der Waals surface area contributed by atoms with E-state index in [2.05, 4.69) is 31.7 Å². The van der Waals surface area contributed by atoms with Crippen LogP contribution in [0.4, 0.5) is 23.3 Å². The molecule has 5 N–H and O–H groups in total. The minimum atomic E-state index is -0.715. The summed E-state index contributed by atoms with van der Waals surface area (Å²) in [6.45, 7) is 4.15. The van der Waals surface area contributed by atoms with Crippen molar-refractivity contribution in [2.75, 3.05) is 35.2 Å². The van der Waals surface area contributed by atoms with Crippen molar-refractivity contribution in [2.24, 2.45) is 11.7 Å². The molecule has 0 bridgehead atoms. The number of nitriles is 1. The van der Waals surface area contributed by atoms with Crippen LogP contribution in [0.3, 0.4) is 0 Å². The Hall–Kier alpha value is -3.74. The minimum Gasteiger partial charge on any atom is -0.370 e. The molecule has 1 saturated heterocycles. The predicted molar refractivity (Wildman–Crippen MR) is 115 cm³/mol. The van der Waals surface area contributed by atoms with E-state index in [9.17, 15) is 4.79 Å². The van der Waals surface area contributed by atoms with Gasteiger partial charge in [-0.15, -0.1) is 0 Å². The van der Waals surface area contributed by atoms with E-state index in [4.69, 9.17) is 16.4 Å². The smallest absolute Gasteiger partial charge is 0.254 e. The van der Waals surface area contributed by atoms with Crippen molar-refractivity contribution in [1.82, 2.24) is 15.0 Å². The summed E-state index contributed by atoms with van der Waals surface area (Å²) in [4.78, 5) is 27.3. The molecular formula is C20H25N9O. The first-order valence-corrected chi connectivity index (χ1v) is 9.86. The normalized spacial score (nSPS) is 14.1. The number of anilines is 4. The number of pyridine rings is 1. The molecule has 1 amide bonds. The molecule has 10 nitrogen and oxygen atoms in total. The highest BCUT2D eigenvalue weighted by Crippen LogP contribution is 2.27. The highest BCUT2D eigenvalue weighted by Gasteiger charge is 2.24. The maximum absolute atomic E-state index is 12.1. The molecule has 30 heavy (non-hydrogen) atoms. The molecule has 0 unspecified atom stereocenters. The van der Waals surface area contributed by atoms with Crippen molar-refractivity contribution < 1.29 is 4.79 Å². The molecule has 0 spiro atoms. The summed E-state index contributed by atoms with van der Waals surface area (Å²) in [7, 11) is 0. The number of hydrogen-bond donors (Lipinski definition) is 4. The van der Waals surface area contributed by atoms with Crippen LogP contribution in [0.1, 0.15) is 42.2 Å². The van der Waals surface area contributed by atoms with Gasteiger partial charge in [0.2, 0.25) is 5.95 Å². The number of hydrogen-bond acceptors (Lipinski definition) is 9. The molecule has 0 radical (unpaired) electrons. The average Bonchev–Trinajstić information content (AvgIpc) is 2.75. The van der Waals surface area contributed by atoms with Crippen molar-refractivity contribution in [1.29, 1.82) is 10.7 Å². The van der Waals surface area contributed by atoms with Crippen molar-refractivity contribution in [3.63, 3.8) is 0 Å². The van der Waals surface area contributed by atoms with Gasteiger partial charge in [-0.2, -0.15) is 10.2 Å². The van der Waals surface area contributed by atoms with Gasteiger partial charge in [-0.05, 0) is 37.8 Å². The van der Waals surface area contributed by atoms with Gasteiger partial charge in [0.15, 0.2) is 0 Å². The second-order valence-corrected chi connectivity index (χ2v) is 7.02. The summed E-state index contributed by atoms with van der Waals surface area (Å²) in [6.07, 6.45) is 4.91. The largest absolute Gasteiger partial charge is 0.370 e. The van der Waals surface area contributed by atoms with E-state index in [1.165, 1.54) is 0 Å². The van der Waals surface area contributed by atoms with Gasteiger partial charge in [0.1, 0.15) is 22.9 Å². The zero-order valence-corrected chi connectivity index (χ0v) is 16.9. The molecule has 1 aliphatic heterocycles. The van der Waals surface area contributed by atoms with Gasteiger partial charge >= 0.3 is 0 Å². The number of primary amides is 1. The number of carbonyl (C=O) groups excluding carboxylic acids is 1. The monoisotopic (exact) mass is 407 g/mol. The summed E-state index contributed by atoms with van der Waals surface area (Å²) < 4.78 is 0. The third-order valence-electron chi connectivity index (χ3n) is 4.97. The Kier molecular flexibility index (Phi) is 6.75. The van der Waals surface area contributed by atoms with E-state index in [1.54, 1.807) is 6.20 Å². The molecule has 2 aromatic rings. The van der Waals surface area contributed by atoms with Gasteiger partial charge in [-0.25, -0.2) is 9.97 Å². The van der Waals surface area contributed by atoms with Gasteiger partial charge in [0, 0.05) is 32.3 Å². The Balaban J connectivity index is 1.90. The zero-order valence-electron chi connectivity index (χ0n) is 16.9. The Morgan fingerprint density at radius 3 is 2.73 bits per heavy atom. The Morgan fingerprint density at radius 2 is 2.17 bits per heavy atom. The zero-order chi connectivity index (χ0) is 21.5. The van der Waals surface area contributed by atoms with Crippen LogP contribution in [0, 0.1) is 22.7 Å². The number of nitrogens with one attached hydrogen (secondary N) is 3. The first-order valence-electron chi connectivity index (χ1n) is 9.86. The van der Waals surface area contributed by atoms with Crippen LogP contribution >= 0.6 is 0 Å². The fourth-order valence-electron chi connectivity index (χ4n) is 3.40. The Bertz CT molecular complexity index is 944. The Labute approximate surface area is 175 Å². The molecule has 0 aliphatic carbocycles. The molecule has 10 heteroatoms. The first-order chi connectivity index (χ1) is 14.5. The standard InChI is InChI=1S/C20H25N9O/c1-2-24-16-4-3-14(12-25-16)26-19-17(18(23)30)15(11-22)27-20(28-19)29-9-6-13(5-8-21)7-10-29/h3-4,11-13,22H,2,5-7,9-10H2,1H3,(H2,23,30)(H,24,25)(H,26,27,28). The summed E-state index contributed by atoms with van der Waals surface area (Å²) in [5.74, 6) is 1.06. The van der Waals surface area contributed by atoms with Gasteiger partial charge in [-0.3, -0.25) is 4.79 Å². The summed E-state index contributed by atoms with van der Waals surface area (Å²) in [5.41, 5.74) is 6.41. The fraction of sp³-hybridized carbons (Fsp3) is 0.400. The molecule has 3 heterocycles. The fourth-order valence-corrected chi connectivity index (χ4v) is 3.40. The van der Waals surface area contributed by atoms with Crippen LogP contribution in [-0.4, -0.2) is 46.7 Å². The molecule has 1 aliphatic rings. The molecule has 0 saturated carbocycles. The third kappa shape index (κ3) is 4.81. The van der Waals surface area contributed by atoms with E-state index in [1.807, 2.05) is 24.0 Å². The SMILES string of the molecule is CCNc1ccc(Nc2nc(N3CCC(CC#N)CC3)nc(C=N)c2C(N)=O)cn1. The highest BCUT2D eigenvalue weighted by atomic mass is 16.1. The molecular weight excluding hydrogens is 382 g/mol. The minimum absolute atomic E-state index is 0.0591. The maximum atomic E-state index is 12.1. The van der Waals surface area contributed by atoms with Crippen molar-refractivity contribution in [3.8, 4) is 6.07 Å². The first kappa shape index (κ1) is 21.0. The number of nitrogens with zero attached hydrogens (tertiary/aromatic N) is 5. The number of amides is 1. The summed E-state index contributed by atoms with van der Waals surface area (Å²) in [6, 6.07) is 5.86. The van der Waals surface area contributed by atoms with Crippen LogP contribution in [-0.2, 0) is 0 Å². The van der Waals surface area contributed by atoms with E-state index >= 15 is 0 Å². The number of aromatic nitrogens is 3. The molecule has 2 aromatic heterocycles. The number of nitrogens with two attached hydrogens (primary N) is 1. The van der Waals surface area contributed by atoms with Crippen LogP contribution in [0.5, 0.6) is 0 Å². The molecule has 0 atom stereocenters. The molecule has 1 fully saturated rings. The predicted octanol–water partition coefficient (Wildman–Crippen LogP) is 2.27. The second kappa shape index (κ2) is 9.65. The van der Waals surface area contributed by atoms with Crippen LogP contribution in [0.15, 0.2) is 18.3 Å².